The molecule has 0 radical (unpaired) electrons. The summed E-state index contributed by atoms with van der Waals surface area (Å²) in [5.41, 5.74) is 0. The minimum Gasteiger partial charge on any atom is -0.489 e. The number of ether oxygens (including phenoxy) is 1. The molecule has 1 rings (SSSR count). The van der Waals surface area contributed by atoms with Crippen molar-refractivity contribution >= 4 is 10.0 Å². The van der Waals surface area contributed by atoms with E-state index in [2.05, 4.69) is 0 Å². The standard InChI is InChI=1S/C9H10F3NO3S/c10-2-1-3-16-9-7(12)4-6(11)5-8(9)17(13,14)15/h4-5H,1-3H2,(H2,13,14,15). The van der Waals surface area contributed by atoms with Gasteiger partial charge >= 0.3 is 0 Å². The molecule has 0 aromatic heterocycles. The second-order valence-electron chi connectivity index (χ2n) is 3.15. The summed E-state index contributed by atoms with van der Waals surface area (Å²) in [6.45, 7) is -0.935. The Hall–Kier alpha value is -1.28. The third-order valence-electron chi connectivity index (χ3n) is 1.81. The van der Waals surface area contributed by atoms with E-state index in [-0.39, 0.29) is 13.0 Å². The van der Waals surface area contributed by atoms with E-state index in [1.54, 1.807) is 0 Å². The summed E-state index contributed by atoms with van der Waals surface area (Å²) in [7, 11) is -4.31. The van der Waals surface area contributed by atoms with Crippen molar-refractivity contribution in [3.63, 3.8) is 0 Å². The average molecular weight is 269 g/mol. The van der Waals surface area contributed by atoms with Gasteiger partial charge in [-0.25, -0.2) is 22.3 Å². The van der Waals surface area contributed by atoms with Crippen LogP contribution in [0, 0.1) is 11.6 Å². The summed E-state index contributed by atoms with van der Waals surface area (Å²) in [5.74, 6) is -2.99. The van der Waals surface area contributed by atoms with Crippen molar-refractivity contribution in [2.24, 2.45) is 5.14 Å². The van der Waals surface area contributed by atoms with Gasteiger partial charge < -0.3 is 4.74 Å². The Morgan fingerprint density at radius 1 is 1.29 bits per heavy atom. The van der Waals surface area contributed by atoms with E-state index in [9.17, 15) is 21.6 Å². The predicted molar refractivity (Wildman–Crippen MR) is 53.8 cm³/mol. The monoisotopic (exact) mass is 269 g/mol. The van der Waals surface area contributed by atoms with Gasteiger partial charge in [-0.1, -0.05) is 0 Å². The average Bonchev–Trinajstić information content (AvgIpc) is 2.19. The fourth-order valence-electron chi connectivity index (χ4n) is 1.12. The van der Waals surface area contributed by atoms with Crippen LogP contribution in [0.5, 0.6) is 5.75 Å². The number of hydrogen-bond donors (Lipinski definition) is 1. The normalized spacial score (nSPS) is 11.5. The Morgan fingerprint density at radius 3 is 2.47 bits per heavy atom. The lowest BCUT2D eigenvalue weighted by molar-refractivity contribution is 0.269. The summed E-state index contributed by atoms with van der Waals surface area (Å²) in [6, 6.07) is 1.00. The highest BCUT2D eigenvalue weighted by atomic mass is 32.2. The molecule has 2 N–H and O–H groups in total. The number of nitrogens with two attached hydrogens (primary N) is 1. The van der Waals surface area contributed by atoms with Crippen molar-refractivity contribution in [1.29, 1.82) is 0 Å². The minimum atomic E-state index is -4.31. The maximum Gasteiger partial charge on any atom is 0.241 e. The predicted octanol–water partition coefficient (Wildman–Crippen LogP) is 1.35. The van der Waals surface area contributed by atoms with Crippen molar-refractivity contribution < 1.29 is 26.3 Å². The van der Waals surface area contributed by atoms with Crippen LogP contribution in [0.3, 0.4) is 0 Å². The molecule has 8 heteroatoms. The highest BCUT2D eigenvalue weighted by molar-refractivity contribution is 7.89. The van der Waals surface area contributed by atoms with Crippen LogP contribution in [-0.4, -0.2) is 21.7 Å². The molecule has 0 bridgehead atoms. The first-order valence-corrected chi connectivity index (χ1v) is 6.11. The molecule has 0 saturated carbocycles. The fraction of sp³-hybridized carbons (Fsp3) is 0.333. The molecule has 0 heterocycles. The van der Waals surface area contributed by atoms with Crippen LogP contribution in [0.15, 0.2) is 17.0 Å². The van der Waals surface area contributed by atoms with Gasteiger partial charge in [0.25, 0.3) is 0 Å². The molecule has 4 nitrogen and oxygen atoms in total. The van der Waals surface area contributed by atoms with Crippen LogP contribution < -0.4 is 9.88 Å². The molecule has 96 valence electrons. The quantitative estimate of drug-likeness (QED) is 0.820. The van der Waals surface area contributed by atoms with E-state index >= 15 is 0 Å². The molecule has 0 spiro atoms. The Bertz CT molecular complexity index is 504. The van der Waals surface area contributed by atoms with Gasteiger partial charge in [0.1, 0.15) is 10.7 Å². The summed E-state index contributed by atoms with van der Waals surface area (Å²) in [4.78, 5) is -0.797. The van der Waals surface area contributed by atoms with Gasteiger partial charge in [0.15, 0.2) is 11.6 Å². The van der Waals surface area contributed by atoms with Crippen LogP contribution in [0.2, 0.25) is 0 Å². The number of rotatable bonds is 5. The van der Waals surface area contributed by atoms with Crippen LogP contribution >= 0.6 is 0 Å². The van der Waals surface area contributed by atoms with Gasteiger partial charge in [-0.3, -0.25) is 4.39 Å². The fourth-order valence-corrected chi connectivity index (χ4v) is 1.81. The van der Waals surface area contributed by atoms with Crippen LogP contribution in [0.25, 0.3) is 0 Å². The van der Waals surface area contributed by atoms with E-state index in [1.807, 2.05) is 0 Å². The van der Waals surface area contributed by atoms with Gasteiger partial charge in [-0.2, -0.15) is 0 Å². The molecular formula is C9H10F3NO3S. The number of hydrogen-bond acceptors (Lipinski definition) is 3. The Morgan fingerprint density at radius 2 is 1.94 bits per heavy atom. The summed E-state index contributed by atoms with van der Waals surface area (Å²) < 4.78 is 64.9. The van der Waals surface area contributed by atoms with Crippen molar-refractivity contribution in [2.75, 3.05) is 13.3 Å². The molecule has 0 amide bonds. The summed E-state index contributed by atoms with van der Waals surface area (Å²) in [5, 5.41) is 4.78. The van der Waals surface area contributed by atoms with Crippen molar-refractivity contribution in [1.82, 2.24) is 0 Å². The molecule has 0 unspecified atom stereocenters. The smallest absolute Gasteiger partial charge is 0.241 e. The molecule has 1 aromatic rings. The second kappa shape index (κ2) is 5.37. The first kappa shape index (κ1) is 13.8. The Balaban J connectivity index is 3.17. The van der Waals surface area contributed by atoms with Crippen LogP contribution in [-0.2, 0) is 10.0 Å². The molecule has 0 aliphatic heterocycles. The second-order valence-corrected chi connectivity index (χ2v) is 4.68. The highest BCUT2D eigenvalue weighted by Gasteiger charge is 2.21. The zero-order valence-electron chi connectivity index (χ0n) is 8.62. The zero-order chi connectivity index (χ0) is 13.1. The maximum absolute atomic E-state index is 13.3. The van der Waals surface area contributed by atoms with E-state index in [1.165, 1.54) is 0 Å². The third kappa shape index (κ3) is 3.60. The molecule has 0 aliphatic rings. The number of benzene rings is 1. The van der Waals surface area contributed by atoms with Crippen molar-refractivity contribution in [3.05, 3.63) is 23.8 Å². The SMILES string of the molecule is NS(=O)(=O)c1cc(F)cc(F)c1OCCCF. The molecule has 0 fully saturated rings. The van der Waals surface area contributed by atoms with Gasteiger partial charge in [-0.15, -0.1) is 0 Å². The zero-order valence-corrected chi connectivity index (χ0v) is 9.44. The molecule has 0 atom stereocenters. The molecule has 0 aliphatic carbocycles. The summed E-state index contributed by atoms with van der Waals surface area (Å²) >= 11 is 0. The molecule has 1 aromatic carbocycles. The van der Waals surface area contributed by atoms with E-state index in [0.29, 0.717) is 12.1 Å². The third-order valence-corrected chi connectivity index (χ3v) is 2.72. The number of primary sulfonamides is 1. The van der Waals surface area contributed by atoms with E-state index in [0.717, 1.165) is 0 Å². The Labute approximate surface area is 96.2 Å². The topological polar surface area (TPSA) is 69.4 Å². The van der Waals surface area contributed by atoms with Gasteiger partial charge in [0.2, 0.25) is 10.0 Å². The minimum absolute atomic E-state index is 0.0408. The lowest BCUT2D eigenvalue weighted by Crippen LogP contribution is -2.15. The largest absolute Gasteiger partial charge is 0.489 e. The van der Waals surface area contributed by atoms with Gasteiger partial charge in [0.05, 0.1) is 13.3 Å². The number of sulfonamides is 1. The van der Waals surface area contributed by atoms with Crippen LogP contribution in [0.4, 0.5) is 13.2 Å². The Kier molecular flexibility index (Phi) is 4.35. The summed E-state index contributed by atoms with van der Waals surface area (Å²) in [6.07, 6.45) is -0.0408. The van der Waals surface area contributed by atoms with Crippen molar-refractivity contribution in [3.8, 4) is 5.75 Å². The van der Waals surface area contributed by atoms with Crippen molar-refractivity contribution in [2.45, 2.75) is 11.3 Å². The highest BCUT2D eigenvalue weighted by Crippen LogP contribution is 2.27. The molecule has 0 saturated heterocycles. The van der Waals surface area contributed by atoms with Gasteiger partial charge in [-0.05, 0) is 6.07 Å². The first-order chi connectivity index (χ1) is 7.86. The number of halogens is 3. The molecule has 17 heavy (non-hydrogen) atoms. The lowest BCUT2D eigenvalue weighted by atomic mass is 10.3. The van der Waals surface area contributed by atoms with Crippen LogP contribution in [0.1, 0.15) is 6.42 Å². The first-order valence-electron chi connectivity index (χ1n) is 4.57. The van der Waals surface area contributed by atoms with E-state index < -0.39 is 39.0 Å². The molecular weight excluding hydrogens is 259 g/mol. The van der Waals surface area contributed by atoms with Gasteiger partial charge in [0, 0.05) is 12.5 Å². The maximum atomic E-state index is 13.3. The number of alkyl halides is 1. The lowest BCUT2D eigenvalue weighted by Gasteiger charge is -2.10. The van der Waals surface area contributed by atoms with E-state index in [4.69, 9.17) is 9.88 Å².